The number of esters is 1. The van der Waals surface area contributed by atoms with E-state index >= 15 is 0 Å². The first-order chi connectivity index (χ1) is 7.50. The van der Waals surface area contributed by atoms with E-state index in [0.29, 0.717) is 5.56 Å². The molecule has 2 rings (SSSR count). The quantitative estimate of drug-likeness (QED) is 0.711. The number of hydrogen-bond donors (Lipinski definition) is 1. The summed E-state index contributed by atoms with van der Waals surface area (Å²) in [7, 11) is -2.71. The van der Waals surface area contributed by atoms with Crippen LogP contribution in [0.4, 0.5) is 0 Å². The van der Waals surface area contributed by atoms with Gasteiger partial charge in [0.25, 0.3) is 0 Å². The zero-order valence-corrected chi connectivity index (χ0v) is 9.24. The van der Waals surface area contributed by atoms with Gasteiger partial charge < -0.3 is 10.5 Å². The van der Waals surface area contributed by atoms with E-state index in [9.17, 15) is 13.2 Å². The molecule has 0 atom stereocenters. The lowest BCUT2D eigenvalue weighted by atomic mass is 10.1. The van der Waals surface area contributed by atoms with Crippen molar-refractivity contribution in [2.24, 2.45) is 5.73 Å². The van der Waals surface area contributed by atoms with Crippen molar-refractivity contribution >= 4 is 21.5 Å². The Labute approximate surface area is 92.4 Å². The molecule has 6 heteroatoms. The van der Waals surface area contributed by atoms with Gasteiger partial charge in [0, 0.05) is 5.56 Å². The molecule has 0 unspecified atom stereocenters. The van der Waals surface area contributed by atoms with Crippen molar-refractivity contribution in [3.63, 3.8) is 0 Å². The monoisotopic (exact) mass is 239 g/mol. The van der Waals surface area contributed by atoms with Crippen LogP contribution in [0.3, 0.4) is 0 Å². The Morgan fingerprint density at radius 2 is 1.94 bits per heavy atom. The van der Waals surface area contributed by atoms with Gasteiger partial charge in [-0.1, -0.05) is 18.2 Å². The molecule has 0 spiro atoms. The maximum absolute atomic E-state index is 12.0. The number of rotatable bonds is 1. The van der Waals surface area contributed by atoms with Crippen LogP contribution < -0.4 is 5.73 Å². The molecule has 0 fully saturated rings. The largest absolute Gasteiger partial charge is 0.465 e. The first kappa shape index (κ1) is 10.7. The molecule has 16 heavy (non-hydrogen) atoms. The molecular weight excluding hydrogens is 230 g/mol. The predicted octanol–water partition coefficient (Wildman–Crippen LogP) is 0.274. The van der Waals surface area contributed by atoms with E-state index in [1.807, 2.05) is 0 Å². The van der Waals surface area contributed by atoms with Crippen LogP contribution in [0.2, 0.25) is 0 Å². The Morgan fingerprint density at radius 1 is 1.31 bits per heavy atom. The Balaban J connectivity index is 2.77. The molecule has 0 bridgehead atoms. The highest BCUT2D eigenvalue weighted by Crippen LogP contribution is 2.36. The average molecular weight is 239 g/mol. The number of carbonyl (C=O) groups excluding carboxylic acids is 1. The van der Waals surface area contributed by atoms with E-state index in [2.05, 4.69) is 4.74 Å². The maximum Gasteiger partial charge on any atom is 0.352 e. The van der Waals surface area contributed by atoms with Gasteiger partial charge >= 0.3 is 5.97 Å². The van der Waals surface area contributed by atoms with Gasteiger partial charge in [0.05, 0.1) is 17.7 Å². The number of hydrogen-bond acceptors (Lipinski definition) is 5. The molecular formula is C10H9NO4S. The Hall–Kier alpha value is -1.82. The zero-order chi connectivity index (χ0) is 11.9. The van der Waals surface area contributed by atoms with Crippen LogP contribution in [0.25, 0.3) is 5.70 Å². The van der Waals surface area contributed by atoms with Crippen LogP contribution in [0.1, 0.15) is 5.56 Å². The SMILES string of the molecule is COC(=O)C1=C(N)c2ccccc2S1(=O)=O. The summed E-state index contributed by atoms with van der Waals surface area (Å²) >= 11 is 0. The highest BCUT2D eigenvalue weighted by Gasteiger charge is 2.39. The summed E-state index contributed by atoms with van der Waals surface area (Å²) in [6, 6.07) is 6.19. The Morgan fingerprint density at radius 3 is 2.50 bits per heavy atom. The highest BCUT2D eigenvalue weighted by molar-refractivity contribution is 7.96. The van der Waals surface area contributed by atoms with Crippen molar-refractivity contribution in [1.29, 1.82) is 0 Å². The summed E-state index contributed by atoms with van der Waals surface area (Å²) in [6.45, 7) is 0. The van der Waals surface area contributed by atoms with Crippen molar-refractivity contribution in [3.8, 4) is 0 Å². The minimum atomic E-state index is -3.83. The van der Waals surface area contributed by atoms with Gasteiger partial charge in [0.1, 0.15) is 0 Å². The smallest absolute Gasteiger partial charge is 0.352 e. The number of benzene rings is 1. The number of sulfone groups is 1. The summed E-state index contributed by atoms with van der Waals surface area (Å²) in [5, 5.41) is 0. The molecule has 2 N–H and O–H groups in total. The first-order valence-corrected chi connectivity index (χ1v) is 5.91. The second-order valence-corrected chi connectivity index (χ2v) is 5.09. The van der Waals surface area contributed by atoms with Gasteiger partial charge in [-0.05, 0) is 6.07 Å². The molecule has 0 aliphatic carbocycles. The third-order valence-corrected chi connectivity index (χ3v) is 4.21. The van der Waals surface area contributed by atoms with Crippen molar-refractivity contribution in [3.05, 3.63) is 34.7 Å². The third kappa shape index (κ3) is 1.23. The van der Waals surface area contributed by atoms with Crippen molar-refractivity contribution in [1.82, 2.24) is 0 Å². The normalized spacial score (nSPS) is 17.1. The molecule has 1 aliphatic heterocycles. The molecule has 0 radical (unpaired) electrons. The van der Waals surface area contributed by atoms with Crippen molar-refractivity contribution < 1.29 is 17.9 Å². The van der Waals surface area contributed by atoms with Gasteiger partial charge in [-0.25, -0.2) is 13.2 Å². The number of methoxy groups -OCH3 is 1. The summed E-state index contributed by atoms with van der Waals surface area (Å²) in [5.41, 5.74) is 5.94. The number of ether oxygens (including phenoxy) is 1. The third-order valence-electron chi connectivity index (χ3n) is 2.35. The number of fused-ring (bicyclic) bond motifs is 1. The zero-order valence-electron chi connectivity index (χ0n) is 8.43. The molecule has 1 aromatic rings. The summed E-state index contributed by atoms with van der Waals surface area (Å²) in [6.07, 6.45) is 0. The minimum Gasteiger partial charge on any atom is -0.465 e. The summed E-state index contributed by atoms with van der Waals surface area (Å²) in [5.74, 6) is -0.936. The Kier molecular flexibility index (Phi) is 2.23. The lowest BCUT2D eigenvalue weighted by molar-refractivity contribution is -0.135. The standard InChI is InChI=1S/C10H9NO4S/c1-15-10(12)9-8(11)6-4-2-3-5-7(6)16(9,13)14/h2-5H,11H2,1H3. The molecule has 1 heterocycles. The molecule has 1 aliphatic rings. The van der Waals surface area contributed by atoms with E-state index in [4.69, 9.17) is 5.73 Å². The maximum atomic E-state index is 12.0. The lowest BCUT2D eigenvalue weighted by Gasteiger charge is -2.00. The average Bonchev–Trinajstić information content (AvgIpc) is 2.47. The molecule has 0 saturated carbocycles. The van der Waals surface area contributed by atoms with E-state index in [1.165, 1.54) is 6.07 Å². The fraction of sp³-hybridized carbons (Fsp3) is 0.100. The molecule has 5 nitrogen and oxygen atoms in total. The van der Waals surface area contributed by atoms with Crippen LogP contribution in [0.15, 0.2) is 34.1 Å². The predicted molar refractivity (Wildman–Crippen MR) is 56.8 cm³/mol. The number of nitrogens with two attached hydrogens (primary N) is 1. The summed E-state index contributed by atoms with van der Waals surface area (Å²) in [4.78, 5) is 10.9. The fourth-order valence-corrected chi connectivity index (χ4v) is 3.26. The molecule has 84 valence electrons. The lowest BCUT2D eigenvalue weighted by Crippen LogP contribution is -2.14. The molecule has 0 amide bonds. The molecule has 1 aromatic carbocycles. The van der Waals surface area contributed by atoms with E-state index < -0.39 is 20.7 Å². The Bertz CT molecular complexity index is 601. The van der Waals surface area contributed by atoms with Crippen molar-refractivity contribution in [2.45, 2.75) is 4.90 Å². The van der Waals surface area contributed by atoms with E-state index in [-0.39, 0.29) is 10.6 Å². The van der Waals surface area contributed by atoms with Gasteiger partial charge in [0.15, 0.2) is 4.91 Å². The fourth-order valence-electron chi connectivity index (χ4n) is 1.61. The second-order valence-electron chi connectivity index (χ2n) is 3.23. The van der Waals surface area contributed by atoms with Crippen LogP contribution in [-0.2, 0) is 19.4 Å². The topological polar surface area (TPSA) is 86.5 Å². The van der Waals surface area contributed by atoms with Crippen molar-refractivity contribution in [2.75, 3.05) is 7.11 Å². The highest BCUT2D eigenvalue weighted by atomic mass is 32.2. The van der Waals surface area contributed by atoms with Gasteiger partial charge in [-0.15, -0.1) is 0 Å². The van der Waals surface area contributed by atoms with Crippen LogP contribution in [0, 0.1) is 0 Å². The van der Waals surface area contributed by atoms with Gasteiger partial charge in [-0.3, -0.25) is 0 Å². The van der Waals surface area contributed by atoms with Gasteiger partial charge in [0.2, 0.25) is 9.84 Å². The van der Waals surface area contributed by atoms with Gasteiger partial charge in [-0.2, -0.15) is 0 Å². The molecule has 0 saturated heterocycles. The number of carbonyl (C=O) groups is 1. The second kappa shape index (κ2) is 3.34. The van der Waals surface area contributed by atoms with Crippen LogP contribution in [-0.4, -0.2) is 21.5 Å². The summed E-state index contributed by atoms with van der Waals surface area (Å²) < 4.78 is 28.3. The molecule has 0 aromatic heterocycles. The van der Waals surface area contributed by atoms with E-state index in [0.717, 1.165) is 7.11 Å². The van der Waals surface area contributed by atoms with E-state index in [1.54, 1.807) is 18.2 Å². The van der Waals surface area contributed by atoms with Crippen LogP contribution >= 0.6 is 0 Å². The minimum absolute atomic E-state index is 0.0490. The van der Waals surface area contributed by atoms with Crippen LogP contribution in [0.5, 0.6) is 0 Å². The first-order valence-electron chi connectivity index (χ1n) is 4.42.